The highest BCUT2D eigenvalue weighted by Gasteiger charge is 2.13. The van der Waals surface area contributed by atoms with E-state index >= 15 is 0 Å². The number of allylic oxidation sites excluding steroid dienone is 4. The SMILES string of the molecule is C/C=N\C(=NC)NC(=O)CN(C=O)/N=C(/CC)C(/C=C(\C)NC)=C(C)C. The van der Waals surface area contributed by atoms with Gasteiger partial charge in [-0.2, -0.15) is 5.10 Å². The summed E-state index contributed by atoms with van der Waals surface area (Å²) in [6, 6.07) is 0. The summed E-state index contributed by atoms with van der Waals surface area (Å²) in [5.41, 5.74) is 3.68. The Balaban J connectivity index is 5.49. The molecule has 0 fully saturated rings. The fourth-order valence-corrected chi connectivity index (χ4v) is 1.95. The zero-order valence-corrected chi connectivity index (χ0v) is 16.8. The number of carbonyl (C=O) groups is 2. The molecule has 26 heavy (non-hydrogen) atoms. The number of hydrogen-bond acceptors (Lipinski definition) is 5. The van der Waals surface area contributed by atoms with Crippen molar-refractivity contribution in [3.8, 4) is 0 Å². The van der Waals surface area contributed by atoms with Crippen LogP contribution < -0.4 is 10.6 Å². The van der Waals surface area contributed by atoms with Gasteiger partial charge in [0.25, 0.3) is 0 Å². The van der Waals surface area contributed by atoms with Crippen molar-refractivity contribution in [2.75, 3.05) is 20.6 Å². The van der Waals surface area contributed by atoms with Gasteiger partial charge in [-0.25, -0.2) is 10.0 Å². The molecule has 2 amide bonds. The Bertz CT molecular complexity index is 640. The molecule has 0 aromatic carbocycles. The maximum Gasteiger partial charge on any atom is 0.248 e. The van der Waals surface area contributed by atoms with E-state index in [1.807, 2.05) is 40.8 Å². The fraction of sp³-hybridized carbons (Fsp3) is 0.500. The Hall–Kier alpha value is -2.77. The van der Waals surface area contributed by atoms with Crippen molar-refractivity contribution in [3.63, 3.8) is 0 Å². The van der Waals surface area contributed by atoms with Gasteiger partial charge < -0.3 is 5.32 Å². The molecule has 0 bridgehead atoms. The van der Waals surface area contributed by atoms with Gasteiger partial charge in [0.2, 0.25) is 18.3 Å². The number of nitrogens with one attached hydrogen (secondary N) is 2. The minimum Gasteiger partial charge on any atom is -0.392 e. The molecule has 0 aliphatic rings. The first-order chi connectivity index (χ1) is 12.3. The molecule has 0 saturated carbocycles. The van der Waals surface area contributed by atoms with Gasteiger partial charge in [-0.05, 0) is 45.8 Å². The molecule has 0 unspecified atom stereocenters. The van der Waals surface area contributed by atoms with Crippen LogP contribution in [0.2, 0.25) is 0 Å². The number of hydrazone groups is 1. The van der Waals surface area contributed by atoms with E-state index in [9.17, 15) is 9.59 Å². The molecule has 2 N–H and O–H groups in total. The maximum absolute atomic E-state index is 12.1. The van der Waals surface area contributed by atoms with Crippen LogP contribution in [0.4, 0.5) is 0 Å². The van der Waals surface area contributed by atoms with Crippen molar-refractivity contribution in [1.29, 1.82) is 0 Å². The lowest BCUT2D eigenvalue weighted by molar-refractivity contribution is -0.127. The second kappa shape index (κ2) is 12.6. The van der Waals surface area contributed by atoms with E-state index in [0.29, 0.717) is 12.8 Å². The predicted octanol–water partition coefficient (Wildman–Crippen LogP) is 1.86. The standard InChI is InChI=1S/C18H30N6O2/c1-8-16(15(13(3)4)10-14(5)19-6)23-24(12-25)11-17(26)22-18(20-7)21-9-2/h9-10,12,19H,8,11H2,1-7H3,(H,20,22,26)/b14-10+,21-9-,23-16-. The van der Waals surface area contributed by atoms with Gasteiger partial charge in [-0.3, -0.25) is 19.9 Å². The lowest BCUT2D eigenvalue weighted by Gasteiger charge is -2.15. The number of carbonyl (C=O) groups excluding carboxylic acids is 2. The topological polar surface area (TPSA) is 98.5 Å². The summed E-state index contributed by atoms with van der Waals surface area (Å²) in [5, 5.41) is 11.0. The molecule has 0 atom stereocenters. The maximum atomic E-state index is 12.1. The van der Waals surface area contributed by atoms with Crippen LogP contribution in [0.15, 0.2) is 38.0 Å². The smallest absolute Gasteiger partial charge is 0.248 e. The van der Waals surface area contributed by atoms with Crippen molar-refractivity contribution in [2.45, 2.75) is 41.0 Å². The molecular weight excluding hydrogens is 332 g/mol. The summed E-state index contributed by atoms with van der Waals surface area (Å²) in [7, 11) is 3.36. The Morgan fingerprint density at radius 3 is 2.31 bits per heavy atom. The van der Waals surface area contributed by atoms with E-state index in [1.165, 1.54) is 13.3 Å². The lowest BCUT2D eigenvalue weighted by atomic mass is 10.0. The molecule has 8 heteroatoms. The van der Waals surface area contributed by atoms with Crippen LogP contribution in [-0.2, 0) is 9.59 Å². The molecule has 0 spiro atoms. The van der Waals surface area contributed by atoms with Crippen LogP contribution in [-0.4, -0.2) is 55.9 Å². The van der Waals surface area contributed by atoms with E-state index < -0.39 is 5.91 Å². The van der Waals surface area contributed by atoms with Crippen molar-refractivity contribution in [1.82, 2.24) is 15.6 Å². The van der Waals surface area contributed by atoms with Crippen LogP contribution in [0.1, 0.15) is 41.0 Å². The summed E-state index contributed by atoms with van der Waals surface area (Å²) in [4.78, 5) is 31.2. The van der Waals surface area contributed by atoms with Crippen LogP contribution >= 0.6 is 0 Å². The first-order valence-corrected chi connectivity index (χ1v) is 8.41. The van der Waals surface area contributed by atoms with Crippen LogP contribution in [0, 0.1) is 0 Å². The highest BCUT2D eigenvalue weighted by atomic mass is 16.2. The molecule has 0 saturated heterocycles. The first kappa shape index (κ1) is 23.2. The van der Waals surface area contributed by atoms with E-state index in [2.05, 4.69) is 25.7 Å². The zero-order valence-electron chi connectivity index (χ0n) is 16.8. The summed E-state index contributed by atoms with van der Waals surface area (Å²) in [5.74, 6) is -0.246. The number of guanidine groups is 1. The third-order valence-electron chi connectivity index (χ3n) is 3.33. The molecule has 0 heterocycles. The number of rotatable bonds is 8. The number of aliphatic imine (C=N–C) groups is 2. The van der Waals surface area contributed by atoms with Crippen LogP contribution in [0.3, 0.4) is 0 Å². The molecular formula is C18H30N6O2. The van der Waals surface area contributed by atoms with Gasteiger partial charge >= 0.3 is 0 Å². The van der Waals surface area contributed by atoms with Gasteiger partial charge in [0.1, 0.15) is 6.54 Å². The van der Waals surface area contributed by atoms with E-state index in [-0.39, 0.29) is 12.5 Å². The highest BCUT2D eigenvalue weighted by Crippen LogP contribution is 2.13. The quantitative estimate of drug-likeness (QED) is 0.227. The zero-order chi connectivity index (χ0) is 20.1. The van der Waals surface area contributed by atoms with Gasteiger partial charge in [-0.15, -0.1) is 0 Å². The molecule has 0 aliphatic carbocycles. The van der Waals surface area contributed by atoms with E-state index in [0.717, 1.165) is 27.6 Å². The molecule has 0 rings (SSSR count). The van der Waals surface area contributed by atoms with Gasteiger partial charge in [-0.1, -0.05) is 12.5 Å². The third-order valence-corrected chi connectivity index (χ3v) is 3.33. The largest absolute Gasteiger partial charge is 0.392 e. The minimum absolute atomic E-state index is 0.181. The predicted molar refractivity (Wildman–Crippen MR) is 107 cm³/mol. The minimum atomic E-state index is -0.428. The summed E-state index contributed by atoms with van der Waals surface area (Å²) < 4.78 is 0. The van der Waals surface area contributed by atoms with E-state index in [4.69, 9.17) is 0 Å². The molecule has 0 aliphatic heterocycles. The number of nitrogens with zero attached hydrogens (tertiary/aromatic N) is 4. The third kappa shape index (κ3) is 8.36. The molecule has 144 valence electrons. The molecule has 0 radical (unpaired) electrons. The Morgan fingerprint density at radius 1 is 1.23 bits per heavy atom. The Morgan fingerprint density at radius 2 is 1.88 bits per heavy atom. The number of amides is 2. The molecule has 0 aromatic rings. The summed E-state index contributed by atoms with van der Waals surface area (Å²) in [6.07, 6.45) is 4.63. The van der Waals surface area contributed by atoms with Crippen molar-refractivity contribution in [3.05, 3.63) is 22.9 Å². The van der Waals surface area contributed by atoms with Crippen molar-refractivity contribution >= 4 is 30.2 Å². The van der Waals surface area contributed by atoms with Crippen LogP contribution in [0.25, 0.3) is 0 Å². The lowest BCUT2D eigenvalue weighted by Crippen LogP contribution is -2.37. The first-order valence-electron chi connectivity index (χ1n) is 8.41. The Labute approximate surface area is 155 Å². The molecule has 8 nitrogen and oxygen atoms in total. The van der Waals surface area contributed by atoms with Gasteiger partial charge in [0.05, 0.1) is 5.71 Å². The Kier molecular flexibility index (Phi) is 11.2. The average Bonchev–Trinajstić information content (AvgIpc) is 2.62. The normalized spacial score (nSPS) is 12.8. The summed E-state index contributed by atoms with van der Waals surface area (Å²) >= 11 is 0. The van der Waals surface area contributed by atoms with Gasteiger partial charge in [0.15, 0.2) is 0 Å². The fourth-order valence-electron chi connectivity index (χ4n) is 1.95. The number of hydrogen-bond donors (Lipinski definition) is 2. The van der Waals surface area contributed by atoms with E-state index in [1.54, 1.807) is 6.92 Å². The summed E-state index contributed by atoms with van der Waals surface area (Å²) in [6.45, 7) is 9.34. The average molecular weight is 362 g/mol. The van der Waals surface area contributed by atoms with Crippen LogP contribution in [0.5, 0.6) is 0 Å². The second-order valence-corrected chi connectivity index (χ2v) is 5.58. The van der Waals surface area contributed by atoms with Crippen molar-refractivity contribution in [2.24, 2.45) is 15.1 Å². The second-order valence-electron chi connectivity index (χ2n) is 5.58. The van der Waals surface area contributed by atoms with Crippen molar-refractivity contribution < 1.29 is 9.59 Å². The highest BCUT2D eigenvalue weighted by molar-refractivity contribution is 6.04. The monoisotopic (exact) mass is 362 g/mol. The molecule has 0 aromatic heterocycles. The van der Waals surface area contributed by atoms with Gasteiger partial charge in [0, 0.05) is 26.0 Å².